The molecule has 0 unspecified atom stereocenters. The minimum atomic E-state index is 0.838. The molecular formula is C6H9N3O. The molecule has 0 atom stereocenters. The van der Waals surface area contributed by atoms with Crippen LogP contribution >= 0.6 is 0 Å². The Morgan fingerprint density at radius 3 is 2.90 bits per heavy atom. The largest absolute Gasteiger partial charge is 0.411 e. The lowest BCUT2D eigenvalue weighted by Crippen LogP contribution is -1.93. The normalized spacial score (nSPS) is 11.0. The van der Waals surface area contributed by atoms with Crippen molar-refractivity contribution in [3.8, 4) is 0 Å². The molecule has 1 aromatic heterocycles. The summed E-state index contributed by atoms with van der Waals surface area (Å²) in [5, 5.41) is 15.0. The molecule has 0 amide bonds. The van der Waals surface area contributed by atoms with Gasteiger partial charge in [0, 0.05) is 18.3 Å². The SMILES string of the molecule is Cc1c(/C=N\O)cnn1C. The molecule has 0 aliphatic carbocycles. The number of oxime groups is 1. The van der Waals surface area contributed by atoms with Crippen molar-refractivity contribution in [2.45, 2.75) is 6.92 Å². The summed E-state index contributed by atoms with van der Waals surface area (Å²) in [5.74, 6) is 0. The summed E-state index contributed by atoms with van der Waals surface area (Å²) in [6.45, 7) is 1.91. The standard InChI is InChI=1S/C6H9N3O/c1-5-6(4-8-10)3-7-9(5)2/h3-4,10H,1-2H3/b8-4-. The third kappa shape index (κ3) is 1.00. The molecule has 0 spiro atoms. The molecule has 4 heteroatoms. The molecule has 0 aromatic carbocycles. The Morgan fingerprint density at radius 2 is 2.50 bits per heavy atom. The quantitative estimate of drug-likeness (QED) is 0.350. The molecule has 0 fully saturated rings. The molecule has 1 aromatic rings. The van der Waals surface area contributed by atoms with Gasteiger partial charge in [-0.2, -0.15) is 5.10 Å². The summed E-state index contributed by atoms with van der Waals surface area (Å²) >= 11 is 0. The summed E-state index contributed by atoms with van der Waals surface area (Å²) in [5.41, 5.74) is 1.82. The van der Waals surface area contributed by atoms with Crippen LogP contribution in [0.15, 0.2) is 11.4 Å². The third-order valence-corrected chi connectivity index (χ3v) is 1.47. The maximum absolute atomic E-state index is 8.19. The van der Waals surface area contributed by atoms with Crippen LogP contribution in [0.1, 0.15) is 11.3 Å². The van der Waals surface area contributed by atoms with Crippen LogP contribution in [0.2, 0.25) is 0 Å². The number of nitrogens with zero attached hydrogens (tertiary/aromatic N) is 3. The van der Waals surface area contributed by atoms with E-state index in [-0.39, 0.29) is 0 Å². The first-order valence-electron chi connectivity index (χ1n) is 2.91. The monoisotopic (exact) mass is 139 g/mol. The van der Waals surface area contributed by atoms with Crippen molar-refractivity contribution in [3.63, 3.8) is 0 Å². The number of hydrogen-bond donors (Lipinski definition) is 1. The van der Waals surface area contributed by atoms with E-state index >= 15 is 0 Å². The van der Waals surface area contributed by atoms with E-state index in [0.717, 1.165) is 11.3 Å². The van der Waals surface area contributed by atoms with Crippen molar-refractivity contribution in [1.29, 1.82) is 0 Å². The van der Waals surface area contributed by atoms with Crippen LogP contribution in [0.3, 0.4) is 0 Å². The molecule has 0 bridgehead atoms. The first-order valence-corrected chi connectivity index (χ1v) is 2.91. The van der Waals surface area contributed by atoms with E-state index in [0.29, 0.717) is 0 Å². The highest BCUT2D eigenvalue weighted by molar-refractivity contribution is 5.79. The van der Waals surface area contributed by atoms with Crippen molar-refractivity contribution in [1.82, 2.24) is 9.78 Å². The Morgan fingerprint density at radius 1 is 1.80 bits per heavy atom. The second-order valence-electron chi connectivity index (χ2n) is 2.05. The van der Waals surface area contributed by atoms with Gasteiger partial charge < -0.3 is 5.21 Å². The minimum absolute atomic E-state index is 0.838. The average molecular weight is 139 g/mol. The van der Waals surface area contributed by atoms with Crippen LogP contribution in [0.25, 0.3) is 0 Å². The first-order chi connectivity index (χ1) is 4.75. The van der Waals surface area contributed by atoms with Crippen molar-refractivity contribution in [3.05, 3.63) is 17.5 Å². The molecule has 0 aliphatic heterocycles. The maximum atomic E-state index is 8.19. The van der Waals surface area contributed by atoms with E-state index in [1.54, 1.807) is 10.9 Å². The fraction of sp³-hybridized carbons (Fsp3) is 0.333. The van der Waals surface area contributed by atoms with E-state index in [9.17, 15) is 0 Å². The van der Waals surface area contributed by atoms with Gasteiger partial charge in [0.1, 0.15) is 0 Å². The molecule has 54 valence electrons. The van der Waals surface area contributed by atoms with Crippen LogP contribution in [0, 0.1) is 6.92 Å². The summed E-state index contributed by atoms with van der Waals surface area (Å²) in [4.78, 5) is 0. The van der Waals surface area contributed by atoms with Gasteiger partial charge in [-0.1, -0.05) is 5.16 Å². The summed E-state index contributed by atoms with van der Waals surface area (Å²) in [6.07, 6.45) is 3.01. The highest BCUT2D eigenvalue weighted by Gasteiger charge is 1.98. The molecule has 0 aliphatic rings. The molecule has 1 heterocycles. The summed E-state index contributed by atoms with van der Waals surface area (Å²) in [7, 11) is 1.84. The predicted octanol–water partition coefficient (Wildman–Crippen LogP) is 0.537. The fourth-order valence-corrected chi connectivity index (χ4v) is 0.705. The first kappa shape index (κ1) is 6.80. The molecule has 0 saturated heterocycles. The molecule has 1 N–H and O–H groups in total. The van der Waals surface area contributed by atoms with Gasteiger partial charge in [-0.05, 0) is 6.92 Å². The zero-order valence-corrected chi connectivity index (χ0v) is 5.94. The fourth-order valence-electron chi connectivity index (χ4n) is 0.705. The van der Waals surface area contributed by atoms with Crippen LogP contribution in [-0.4, -0.2) is 21.2 Å². The van der Waals surface area contributed by atoms with Gasteiger partial charge in [0.15, 0.2) is 0 Å². The summed E-state index contributed by atoms with van der Waals surface area (Å²) in [6, 6.07) is 0. The zero-order valence-electron chi connectivity index (χ0n) is 5.94. The molecule has 0 saturated carbocycles. The van der Waals surface area contributed by atoms with Gasteiger partial charge in [0.25, 0.3) is 0 Å². The van der Waals surface area contributed by atoms with Gasteiger partial charge in [-0.3, -0.25) is 4.68 Å². The Bertz CT molecular complexity index is 251. The third-order valence-electron chi connectivity index (χ3n) is 1.47. The number of aryl methyl sites for hydroxylation is 1. The lowest BCUT2D eigenvalue weighted by molar-refractivity contribution is 0.322. The van der Waals surface area contributed by atoms with Gasteiger partial charge >= 0.3 is 0 Å². The highest BCUT2D eigenvalue weighted by Crippen LogP contribution is 2.00. The predicted molar refractivity (Wildman–Crippen MR) is 37.3 cm³/mol. The molecule has 0 radical (unpaired) electrons. The van der Waals surface area contributed by atoms with Crippen molar-refractivity contribution < 1.29 is 5.21 Å². The lowest BCUT2D eigenvalue weighted by atomic mass is 10.3. The van der Waals surface area contributed by atoms with Crippen LogP contribution < -0.4 is 0 Å². The lowest BCUT2D eigenvalue weighted by Gasteiger charge is -1.91. The Kier molecular flexibility index (Phi) is 1.71. The zero-order chi connectivity index (χ0) is 7.56. The highest BCUT2D eigenvalue weighted by atomic mass is 16.4. The second-order valence-corrected chi connectivity index (χ2v) is 2.05. The van der Waals surface area contributed by atoms with Gasteiger partial charge in [0.2, 0.25) is 0 Å². The molecular weight excluding hydrogens is 130 g/mol. The topological polar surface area (TPSA) is 50.4 Å². The van der Waals surface area contributed by atoms with Crippen molar-refractivity contribution >= 4 is 6.21 Å². The Labute approximate surface area is 58.8 Å². The van der Waals surface area contributed by atoms with E-state index < -0.39 is 0 Å². The smallest absolute Gasteiger partial charge is 0.0768 e. The molecule has 1 rings (SSSR count). The van der Waals surface area contributed by atoms with E-state index in [2.05, 4.69) is 10.3 Å². The minimum Gasteiger partial charge on any atom is -0.411 e. The Balaban J connectivity index is 3.05. The number of hydrogen-bond acceptors (Lipinski definition) is 3. The van der Waals surface area contributed by atoms with E-state index in [1.165, 1.54) is 6.21 Å². The average Bonchev–Trinajstić information content (AvgIpc) is 2.20. The maximum Gasteiger partial charge on any atom is 0.0768 e. The Hall–Kier alpha value is -1.32. The molecule has 4 nitrogen and oxygen atoms in total. The number of rotatable bonds is 1. The van der Waals surface area contributed by atoms with Crippen LogP contribution in [0.4, 0.5) is 0 Å². The van der Waals surface area contributed by atoms with Crippen molar-refractivity contribution in [2.75, 3.05) is 0 Å². The van der Waals surface area contributed by atoms with Gasteiger partial charge in [0.05, 0.1) is 12.4 Å². The van der Waals surface area contributed by atoms with E-state index in [4.69, 9.17) is 5.21 Å². The summed E-state index contributed by atoms with van der Waals surface area (Å²) < 4.78 is 1.72. The van der Waals surface area contributed by atoms with E-state index in [1.807, 2.05) is 14.0 Å². The number of aromatic nitrogens is 2. The van der Waals surface area contributed by atoms with Crippen LogP contribution in [0.5, 0.6) is 0 Å². The second kappa shape index (κ2) is 2.51. The van der Waals surface area contributed by atoms with Gasteiger partial charge in [-0.15, -0.1) is 0 Å². The van der Waals surface area contributed by atoms with Gasteiger partial charge in [-0.25, -0.2) is 0 Å². The van der Waals surface area contributed by atoms with Crippen LogP contribution in [-0.2, 0) is 7.05 Å². The van der Waals surface area contributed by atoms with Crippen molar-refractivity contribution in [2.24, 2.45) is 12.2 Å². The molecule has 10 heavy (non-hydrogen) atoms.